The molecule has 27 heavy (non-hydrogen) atoms. The number of carboxylic acid groups (broad SMARTS) is 1. The van der Waals surface area contributed by atoms with Crippen LogP contribution in [0.15, 0.2) is 67.1 Å². The number of hydrogen-bond acceptors (Lipinski definition) is 5. The Balaban J connectivity index is 0.000000159. The first-order valence-corrected chi connectivity index (χ1v) is 8.17. The molecule has 136 valence electrons. The van der Waals surface area contributed by atoms with Gasteiger partial charge in [0.15, 0.2) is 5.69 Å². The van der Waals surface area contributed by atoms with Crippen LogP contribution in [0.3, 0.4) is 0 Å². The number of aromatic nitrogens is 2. The second-order valence-corrected chi connectivity index (χ2v) is 5.58. The largest absolute Gasteiger partial charge is 0.496 e. The predicted octanol–water partition coefficient (Wildman–Crippen LogP) is 4.19. The molecule has 4 aromatic rings. The second-order valence-electron chi connectivity index (χ2n) is 5.58. The number of carbonyl (C=O) groups is 1. The van der Waals surface area contributed by atoms with Crippen molar-refractivity contribution < 1.29 is 19.4 Å². The highest BCUT2D eigenvalue weighted by Crippen LogP contribution is 2.26. The quantitative estimate of drug-likeness (QED) is 0.589. The van der Waals surface area contributed by atoms with Crippen molar-refractivity contribution in [1.82, 2.24) is 9.97 Å². The van der Waals surface area contributed by atoms with E-state index in [9.17, 15) is 4.79 Å². The monoisotopic (exact) mass is 362 g/mol. The molecule has 0 saturated heterocycles. The van der Waals surface area contributed by atoms with Crippen molar-refractivity contribution in [2.75, 3.05) is 14.2 Å². The van der Waals surface area contributed by atoms with Crippen LogP contribution in [-0.2, 0) is 0 Å². The Hall–Kier alpha value is -3.67. The van der Waals surface area contributed by atoms with Crippen LogP contribution >= 0.6 is 0 Å². The molecular weight excluding hydrogens is 344 g/mol. The summed E-state index contributed by atoms with van der Waals surface area (Å²) in [6.45, 7) is 0. The van der Waals surface area contributed by atoms with Crippen molar-refractivity contribution in [2.24, 2.45) is 0 Å². The van der Waals surface area contributed by atoms with Gasteiger partial charge in [-0.25, -0.2) is 9.78 Å². The summed E-state index contributed by atoms with van der Waals surface area (Å²) in [6.07, 6.45) is 5.07. The fourth-order valence-electron chi connectivity index (χ4n) is 2.80. The van der Waals surface area contributed by atoms with E-state index in [-0.39, 0.29) is 5.69 Å². The number of hydrogen-bond donors (Lipinski definition) is 1. The number of fused-ring (bicyclic) bond motifs is 2. The summed E-state index contributed by atoms with van der Waals surface area (Å²) in [4.78, 5) is 18.8. The number of pyridine rings is 2. The van der Waals surface area contributed by atoms with Gasteiger partial charge in [-0.3, -0.25) is 4.98 Å². The van der Waals surface area contributed by atoms with Gasteiger partial charge in [0.25, 0.3) is 0 Å². The smallest absolute Gasteiger partial charge is 0.355 e. The van der Waals surface area contributed by atoms with Crippen molar-refractivity contribution in [2.45, 2.75) is 0 Å². The first kappa shape index (κ1) is 18.1. The first-order chi connectivity index (χ1) is 13.2. The van der Waals surface area contributed by atoms with Crippen LogP contribution < -0.4 is 9.47 Å². The van der Waals surface area contributed by atoms with Crippen LogP contribution in [-0.4, -0.2) is 35.3 Å². The molecule has 0 unspecified atom stereocenters. The van der Waals surface area contributed by atoms with Crippen molar-refractivity contribution >= 4 is 27.5 Å². The van der Waals surface area contributed by atoms with Gasteiger partial charge in [0.05, 0.1) is 14.2 Å². The molecule has 0 saturated carbocycles. The second kappa shape index (κ2) is 8.14. The maximum atomic E-state index is 10.9. The Morgan fingerprint density at radius 3 is 2.22 bits per heavy atom. The van der Waals surface area contributed by atoms with Crippen LogP contribution in [0, 0.1) is 0 Å². The third kappa shape index (κ3) is 3.79. The minimum atomic E-state index is -1.03. The highest BCUT2D eigenvalue weighted by atomic mass is 16.5. The van der Waals surface area contributed by atoms with E-state index in [1.165, 1.54) is 6.20 Å². The van der Waals surface area contributed by atoms with E-state index < -0.39 is 5.97 Å². The maximum Gasteiger partial charge on any atom is 0.355 e. The lowest BCUT2D eigenvalue weighted by Gasteiger charge is -2.05. The van der Waals surface area contributed by atoms with Crippen molar-refractivity contribution in [3.63, 3.8) is 0 Å². The highest BCUT2D eigenvalue weighted by molar-refractivity contribution is 6.03. The zero-order chi connectivity index (χ0) is 19.2. The summed E-state index contributed by atoms with van der Waals surface area (Å²) in [7, 11) is 3.23. The first-order valence-electron chi connectivity index (χ1n) is 8.17. The fraction of sp³-hybridized carbons (Fsp3) is 0.0952. The minimum absolute atomic E-state index is 0.0476. The van der Waals surface area contributed by atoms with E-state index in [4.69, 9.17) is 14.6 Å². The van der Waals surface area contributed by atoms with Gasteiger partial charge in [-0.15, -0.1) is 0 Å². The molecule has 0 bridgehead atoms. The zero-order valence-corrected chi connectivity index (χ0v) is 14.9. The SMILES string of the molecule is COc1cccc2c(C(=O)O)nccc12.COc1cccc2cnccc12. The van der Waals surface area contributed by atoms with E-state index in [1.54, 1.807) is 44.7 Å². The van der Waals surface area contributed by atoms with Gasteiger partial charge in [-0.05, 0) is 24.3 Å². The molecule has 0 aliphatic rings. The van der Waals surface area contributed by atoms with Gasteiger partial charge < -0.3 is 14.6 Å². The third-order valence-electron chi connectivity index (χ3n) is 4.05. The highest BCUT2D eigenvalue weighted by Gasteiger charge is 2.11. The van der Waals surface area contributed by atoms with Crippen LogP contribution in [0.25, 0.3) is 21.5 Å². The summed E-state index contributed by atoms with van der Waals surface area (Å²) in [6, 6.07) is 14.9. The van der Waals surface area contributed by atoms with E-state index in [0.717, 1.165) is 21.9 Å². The molecule has 6 nitrogen and oxygen atoms in total. The molecular formula is C21H18N2O4. The summed E-state index contributed by atoms with van der Waals surface area (Å²) < 4.78 is 10.3. The van der Waals surface area contributed by atoms with E-state index in [2.05, 4.69) is 9.97 Å². The molecule has 0 aliphatic heterocycles. The molecule has 0 fully saturated rings. The van der Waals surface area contributed by atoms with Gasteiger partial charge in [0, 0.05) is 40.1 Å². The molecule has 1 N–H and O–H groups in total. The Morgan fingerprint density at radius 1 is 0.852 bits per heavy atom. The molecule has 2 aromatic carbocycles. The van der Waals surface area contributed by atoms with Crippen molar-refractivity contribution in [1.29, 1.82) is 0 Å². The number of nitrogens with zero attached hydrogens (tertiary/aromatic N) is 2. The number of rotatable bonds is 3. The van der Waals surface area contributed by atoms with Gasteiger partial charge >= 0.3 is 5.97 Å². The Bertz CT molecular complexity index is 1090. The average Bonchev–Trinajstić information content (AvgIpc) is 2.72. The topological polar surface area (TPSA) is 81.5 Å². The van der Waals surface area contributed by atoms with Gasteiger partial charge in [-0.1, -0.05) is 24.3 Å². The lowest BCUT2D eigenvalue weighted by molar-refractivity contribution is 0.0693. The van der Waals surface area contributed by atoms with Crippen LogP contribution in [0.4, 0.5) is 0 Å². The van der Waals surface area contributed by atoms with Crippen LogP contribution in [0.2, 0.25) is 0 Å². The molecule has 0 radical (unpaired) electrons. The molecule has 0 atom stereocenters. The van der Waals surface area contributed by atoms with Crippen LogP contribution in [0.5, 0.6) is 11.5 Å². The lowest BCUT2D eigenvalue weighted by atomic mass is 10.1. The Morgan fingerprint density at radius 2 is 1.52 bits per heavy atom. The fourth-order valence-corrected chi connectivity index (χ4v) is 2.80. The lowest BCUT2D eigenvalue weighted by Crippen LogP contribution is -2.01. The molecule has 6 heteroatoms. The summed E-state index contributed by atoms with van der Waals surface area (Å²) in [5.74, 6) is 0.515. The van der Waals surface area contributed by atoms with Crippen molar-refractivity contribution in [3.8, 4) is 11.5 Å². The number of aromatic carboxylic acids is 1. The molecule has 4 rings (SSSR count). The summed E-state index contributed by atoms with van der Waals surface area (Å²) in [5, 5.41) is 12.5. The molecule has 0 amide bonds. The van der Waals surface area contributed by atoms with E-state index in [1.807, 2.05) is 30.5 Å². The predicted molar refractivity (Wildman–Crippen MR) is 104 cm³/mol. The molecule has 2 aromatic heterocycles. The van der Waals surface area contributed by atoms with Crippen LogP contribution in [0.1, 0.15) is 10.5 Å². The Kier molecular flexibility index (Phi) is 5.47. The summed E-state index contributed by atoms with van der Waals surface area (Å²) >= 11 is 0. The number of carboxylic acids is 1. The number of ether oxygens (including phenoxy) is 2. The molecule has 0 aliphatic carbocycles. The van der Waals surface area contributed by atoms with E-state index in [0.29, 0.717) is 11.1 Å². The van der Waals surface area contributed by atoms with Gasteiger partial charge in [0.1, 0.15) is 11.5 Å². The Labute approximate surface area is 156 Å². The van der Waals surface area contributed by atoms with E-state index >= 15 is 0 Å². The third-order valence-corrected chi connectivity index (χ3v) is 4.05. The minimum Gasteiger partial charge on any atom is -0.496 e. The summed E-state index contributed by atoms with van der Waals surface area (Å²) in [5.41, 5.74) is 0.0476. The average molecular weight is 362 g/mol. The molecule has 0 spiro atoms. The van der Waals surface area contributed by atoms with Crippen molar-refractivity contribution in [3.05, 3.63) is 72.8 Å². The molecule has 2 heterocycles. The number of methoxy groups -OCH3 is 2. The zero-order valence-electron chi connectivity index (χ0n) is 14.9. The standard InChI is InChI=1S/C11H9NO3.C10H9NO/c1-15-9-4-2-3-8-7(9)5-6-12-10(8)11(13)14;1-12-10-4-2-3-8-7-11-6-5-9(8)10/h2-6H,1H3,(H,13,14);2-7H,1H3. The normalized spacial score (nSPS) is 10.1. The van der Waals surface area contributed by atoms with Gasteiger partial charge in [0.2, 0.25) is 0 Å². The number of benzene rings is 2. The van der Waals surface area contributed by atoms with Gasteiger partial charge in [-0.2, -0.15) is 0 Å². The maximum absolute atomic E-state index is 10.9.